The van der Waals surface area contributed by atoms with Gasteiger partial charge in [0.15, 0.2) is 11.5 Å². The van der Waals surface area contributed by atoms with Crippen LogP contribution in [0.5, 0.6) is 0 Å². The maximum Gasteiger partial charge on any atom is 0.349 e. The van der Waals surface area contributed by atoms with Crippen LogP contribution in [0.25, 0.3) is 22.6 Å². The van der Waals surface area contributed by atoms with Gasteiger partial charge in [-0.25, -0.2) is 9.78 Å². The first-order chi connectivity index (χ1) is 10.9. The Morgan fingerprint density at radius 2 is 1.87 bits per heavy atom. The number of nitrogens with zero attached hydrogens (tertiary/aromatic N) is 4. The summed E-state index contributed by atoms with van der Waals surface area (Å²) in [5, 5.41) is 0.709. The second-order valence-corrected chi connectivity index (χ2v) is 6.18. The van der Waals surface area contributed by atoms with Crippen molar-refractivity contribution in [3.8, 4) is 11.5 Å². The Balaban J connectivity index is 2.42. The third-order valence-electron chi connectivity index (χ3n) is 3.42. The van der Waals surface area contributed by atoms with Crippen LogP contribution in [0.3, 0.4) is 0 Å². The van der Waals surface area contributed by atoms with E-state index in [4.69, 9.17) is 23.2 Å². The number of fused-ring (bicyclic) bond motifs is 2. The molecule has 0 spiro atoms. The van der Waals surface area contributed by atoms with Gasteiger partial charge in [-0.15, -0.1) is 0 Å². The van der Waals surface area contributed by atoms with Crippen molar-refractivity contribution in [2.24, 2.45) is 0 Å². The number of aromatic nitrogens is 4. The number of halogens is 2. The average Bonchev–Trinajstić information content (AvgIpc) is 2.46. The van der Waals surface area contributed by atoms with Gasteiger partial charge in [-0.3, -0.25) is 9.78 Å². The minimum absolute atomic E-state index is 0.0919. The van der Waals surface area contributed by atoms with E-state index in [1.807, 2.05) is 19.0 Å². The molecule has 23 heavy (non-hydrogen) atoms. The van der Waals surface area contributed by atoms with Gasteiger partial charge in [0.2, 0.25) is 0 Å². The molecule has 120 valence electrons. The van der Waals surface area contributed by atoms with Crippen LogP contribution in [-0.2, 0) is 6.54 Å². The van der Waals surface area contributed by atoms with E-state index >= 15 is 0 Å². The third kappa shape index (κ3) is 2.95. The largest absolute Gasteiger partial charge is 0.349 e. The standard InChI is InChI=1S/C14H13Cl2N5O2/c1-20(2)3-4-21-10-6-8(16)7(15)5-9(10)17-11-12(21)18-14(23)19-13(11)22/h5-6H,3-4H2,1-2H3,(H,19,22,23). The molecular formula is C14H13Cl2N5O2. The van der Waals surface area contributed by atoms with E-state index in [2.05, 4.69) is 15.0 Å². The Bertz CT molecular complexity index is 979. The molecule has 1 aromatic rings. The van der Waals surface area contributed by atoms with Gasteiger partial charge >= 0.3 is 5.69 Å². The highest BCUT2D eigenvalue weighted by atomic mass is 35.5. The number of hydrogen-bond donors (Lipinski definition) is 1. The van der Waals surface area contributed by atoms with Crippen molar-refractivity contribution in [1.82, 2.24) is 24.4 Å². The monoisotopic (exact) mass is 353 g/mol. The number of benzene rings is 1. The van der Waals surface area contributed by atoms with E-state index in [0.717, 1.165) is 0 Å². The lowest BCUT2D eigenvalue weighted by Gasteiger charge is -2.19. The minimum Gasteiger partial charge on any atom is -0.321 e. The van der Waals surface area contributed by atoms with Gasteiger partial charge < -0.3 is 9.47 Å². The van der Waals surface area contributed by atoms with Crippen molar-refractivity contribution in [2.75, 3.05) is 20.6 Å². The van der Waals surface area contributed by atoms with Crippen molar-refractivity contribution in [3.63, 3.8) is 0 Å². The van der Waals surface area contributed by atoms with E-state index in [-0.39, 0.29) is 11.5 Å². The highest BCUT2D eigenvalue weighted by Gasteiger charge is 2.19. The van der Waals surface area contributed by atoms with Crippen LogP contribution < -0.4 is 11.2 Å². The number of aromatic amines is 1. The fourth-order valence-corrected chi connectivity index (χ4v) is 2.63. The second-order valence-electron chi connectivity index (χ2n) is 5.37. The zero-order chi connectivity index (χ0) is 16.7. The lowest BCUT2D eigenvalue weighted by atomic mass is 10.2. The summed E-state index contributed by atoms with van der Waals surface area (Å²) in [4.78, 5) is 35.9. The molecule has 0 fully saturated rings. The molecule has 2 aliphatic rings. The average molecular weight is 354 g/mol. The molecule has 9 heteroatoms. The number of nitrogens with one attached hydrogen (secondary N) is 1. The maximum absolute atomic E-state index is 12.0. The smallest absolute Gasteiger partial charge is 0.321 e. The summed E-state index contributed by atoms with van der Waals surface area (Å²) < 4.78 is 1.76. The van der Waals surface area contributed by atoms with Crippen molar-refractivity contribution >= 4 is 34.2 Å². The molecule has 0 bridgehead atoms. The van der Waals surface area contributed by atoms with Crippen molar-refractivity contribution in [3.05, 3.63) is 43.0 Å². The van der Waals surface area contributed by atoms with Gasteiger partial charge in [0, 0.05) is 13.1 Å². The first-order valence-electron chi connectivity index (χ1n) is 6.81. The lowest BCUT2D eigenvalue weighted by molar-refractivity contribution is 0.386. The number of hydrogen-bond acceptors (Lipinski definition) is 5. The van der Waals surface area contributed by atoms with E-state index in [9.17, 15) is 9.59 Å². The van der Waals surface area contributed by atoms with Crippen LogP contribution in [0, 0.1) is 0 Å². The Morgan fingerprint density at radius 1 is 1.17 bits per heavy atom. The quantitative estimate of drug-likeness (QED) is 0.720. The molecular weight excluding hydrogens is 341 g/mol. The molecule has 0 radical (unpaired) electrons. The molecule has 3 rings (SSSR count). The molecule has 0 amide bonds. The van der Waals surface area contributed by atoms with Gasteiger partial charge in [-0.05, 0) is 26.2 Å². The number of H-pyrrole nitrogens is 1. The van der Waals surface area contributed by atoms with Gasteiger partial charge in [-0.2, -0.15) is 4.98 Å². The van der Waals surface area contributed by atoms with E-state index in [1.165, 1.54) is 0 Å². The van der Waals surface area contributed by atoms with Gasteiger partial charge in [0.05, 0.1) is 21.1 Å². The molecule has 7 nitrogen and oxygen atoms in total. The highest BCUT2D eigenvalue weighted by Crippen LogP contribution is 2.29. The molecule has 2 heterocycles. The normalized spacial score (nSPS) is 11.7. The van der Waals surface area contributed by atoms with Crippen molar-refractivity contribution in [2.45, 2.75) is 6.54 Å². The topological polar surface area (TPSA) is 83.9 Å². The minimum atomic E-state index is -0.706. The number of likely N-dealkylation sites (N-methyl/N-ethyl adjacent to an activating group) is 1. The summed E-state index contributed by atoms with van der Waals surface area (Å²) in [5.74, 6) is 0.228. The lowest BCUT2D eigenvalue weighted by Crippen LogP contribution is -2.30. The molecule has 0 aromatic heterocycles. The van der Waals surface area contributed by atoms with Crippen LogP contribution >= 0.6 is 23.2 Å². The summed E-state index contributed by atoms with van der Waals surface area (Å²) in [5.41, 5.74) is -0.0222. The van der Waals surface area contributed by atoms with Gasteiger partial charge in [-0.1, -0.05) is 23.2 Å². The summed E-state index contributed by atoms with van der Waals surface area (Å²) in [7, 11) is 3.85. The van der Waals surface area contributed by atoms with E-state index < -0.39 is 11.2 Å². The Hall–Kier alpha value is -1.96. The Labute approximate surface area is 140 Å². The summed E-state index contributed by atoms with van der Waals surface area (Å²) in [6.07, 6.45) is 0. The maximum atomic E-state index is 12.0. The molecule has 0 saturated heterocycles. The van der Waals surface area contributed by atoms with Gasteiger partial charge in [0.25, 0.3) is 5.56 Å². The molecule has 1 N–H and O–H groups in total. The highest BCUT2D eigenvalue weighted by molar-refractivity contribution is 6.42. The van der Waals surface area contributed by atoms with Crippen LogP contribution in [0.15, 0.2) is 21.7 Å². The molecule has 0 saturated carbocycles. The molecule has 0 aliphatic carbocycles. The summed E-state index contributed by atoms with van der Waals surface area (Å²) >= 11 is 12.1. The molecule has 1 aromatic carbocycles. The first-order valence-corrected chi connectivity index (χ1v) is 7.57. The van der Waals surface area contributed by atoms with Crippen LogP contribution in [0.2, 0.25) is 10.0 Å². The molecule has 0 atom stereocenters. The zero-order valence-corrected chi connectivity index (χ0v) is 13.9. The number of rotatable bonds is 3. The predicted octanol–water partition coefficient (Wildman–Crippen LogP) is 1.45. The third-order valence-corrected chi connectivity index (χ3v) is 4.14. The summed E-state index contributed by atoms with van der Waals surface area (Å²) in [6, 6.07) is 3.25. The second kappa shape index (κ2) is 5.92. The van der Waals surface area contributed by atoms with E-state index in [1.54, 1.807) is 16.7 Å². The first kappa shape index (κ1) is 15.9. The Morgan fingerprint density at radius 3 is 2.57 bits per heavy atom. The fraction of sp³-hybridized carbons (Fsp3) is 0.286. The van der Waals surface area contributed by atoms with Crippen LogP contribution in [0.1, 0.15) is 0 Å². The molecule has 2 aliphatic heterocycles. The SMILES string of the molecule is CN(C)CCn1c2nc(=O)[nH]c(=O)c-2nc2cc(Cl)c(Cl)cc21. The van der Waals surface area contributed by atoms with Gasteiger partial charge in [0.1, 0.15) is 0 Å². The fourth-order valence-electron chi connectivity index (χ4n) is 2.32. The van der Waals surface area contributed by atoms with Crippen molar-refractivity contribution in [1.29, 1.82) is 0 Å². The predicted molar refractivity (Wildman–Crippen MR) is 89.6 cm³/mol. The van der Waals surface area contributed by atoms with Crippen LogP contribution in [-0.4, -0.2) is 45.1 Å². The van der Waals surface area contributed by atoms with E-state index in [0.29, 0.717) is 34.2 Å². The summed E-state index contributed by atoms with van der Waals surface area (Å²) in [6.45, 7) is 1.19. The Kier molecular flexibility index (Phi) is 4.09. The zero-order valence-electron chi connectivity index (χ0n) is 12.4. The van der Waals surface area contributed by atoms with Crippen LogP contribution in [0.4, 0.5) is 0 Å². The molecule has 0 unspecified atom stereocenters. The van der Waals surface area contributed by atoms with Crippen molar-refractivity contribution < 1.29 is 0 Å².